The van der Waals surface area contributed by atoms with Gasteiger partial charge in [0.15, 0.2) is 5.16 Å². The molecule has 0 spiro atoms. The molecule has 138 valence electrons. The number of ether oxygens (including phenoxy) is 2. The normalized spacial score (nSPS) is 11.5. The number of rotatable bonds is 7. The number of aromatic nitrogens is 2. The van der Waals surface area contributed by atoms with Crippen molar-refractivity contribution in [3.8, 4) is 5.88 Å². The summed E-state index contributed by atoms with van der Waals surface area (Å²) >= 11 is 1.10. The number of hydrogen-bond donors (Lipinski definition) is 2. The van der Waals surface area contributed by atoms with E-state index >= 15 is 0 Å². The molecule has 26 heavy (non-hydrogen) atoms. The molecule has 1 aromatic heterocycles. The largest absolute Gasteiger partial charge is 0.481 e. The van der Waals surface area contributed by atoms with Crippen molar-refractivity contribution in [3.05, 3.63) is 46.2 Å². The summed E-state index contributed by atoms with van der Waals surface area (Å²) in [5.41, 5.74) is 0.592. The van der Waals surface area contributed by atoms with Gasteiger partial charge in [0.05, 0.1) is 30.6 Å². The summed E-state index contributed by atoms with van der Waals surface area (Å²) in [6, 6.07) is 7.61. The minimum absolute atomic E-state index is 0.179. The summed E-state index contributed by atoms with van der Waals surface area (Å²) in [7, 11) is 1.41. The fraction of sp³-hybridized carbons (Fsp3) is 0.294. The van der Waals surface area contributed by atoms with Crippen molar-refractivity contribution in [3.63, 3.8) is 0 Å². The Balaban J connectivity index is 1.99. The SMILES string of the molecule is CCOC(=O)c1ccc(NC(=O)[C@@H](C)Sc2nc(OC)cc(=O)[nH]2)cc1. The number of methoxy groups -OCH3 is 1. The lowest BCUT2D eigenvalue weighted by molar-refractivity contribution is -0.115. The lowest BCUT2D eigenvalue weighted by atomic mass is 10.2. The van der Waals surface area contributed by atoms with Crippen molar-refractivity contribution in [1.82, 2.24) is 9.97 Å². The average molecular weight is 377 g/mol. The van der Waals surface area contributed by atoms with Crippen LogP contribution in [0, 0.1) is 0 Å². The minimum atomic E-state index is -0.519. The second-order valence-corrected chi connectivity index (χ2v) is 6.47. The number of carbonyl (C=O) groups excluding carboxylic acids is 2. The van der Waals surface area contributed by atoms with E-state index in [1.165, 1.54) is 13.2 Å². The number of thioether (sulfide) groups is 1. The quantitative estimate of drug-likeness (QED) is 0.432. The van der Waals surface area contributed by atoms with Crippen molar-refractivity contribution in [2.45, 2.75) is 24.3 Å². The third-order valence-corrected chi connectivity index (χ3v) is 4.21. The van der Waals surface area contributed by atoms with Crippen molar-refractivity contribution in [2.75, 3.05) is 19.0 Å². The maximum Gasteiger partial charge on any atom is 0.338 e. The van der Waals surface area contributed by atoms with Gasteiger partial charge in [0.1, 0.15) is 0 Å². The summed E-state index contributed by atoms with van der Waals surface area (Å²) in [5.74, 6) is -0.509. The molecular formula is C17H19N3O5S. The summed E-state index contributed by atoms with van der Waals surface area (Å²) < 4.78 is 9.84. The number of carbonyl (C=O) groups is 2. The predicted octanol–water partition coefficient (Wildman–Crippen LogP) is 2.07. The Kier molecular flexibility index (Phi) is 6.79. The van der Waals surface area contributed by atoms with Crippen LogP contribution in [-0.4, -0.2) is 40.8 Å². The molecule has 2 rings (SSSR count). The van der Waals surface area contributed by atoms with Gasteiger partial charge < -0.3 is 19.8 Å². The van der Waals surface area contributed by atoms with E-state index in [1.54, 1.807) is 38.1 Å². The van der Waals surface area contributed by atoms with Crippen molar-refractivity contribution in [1.29, 1.82) is 0 Å². The van der Waals surface area contributed by atoms with Crippen molar-refractivity contribution in [2.24, 2.45) is 0 Å². The van der Waals surface area contributed by atoms with E-state index in [2.05, 4.69) is 15.3 Å². The summed E-state index contributed by atoms with van der Waals surface area (Å²) in [6.07, 6.45) is 0. The fourth-order valence-corrected chi connectivity index (χ4v) is 2.75. The second-order valence-electron chi connectivity index (χ2n) is 5.14. The van der Waals surface area contributed by atoms with Gasteiger partial charge in [0, 0.05) is 5.69 Å². The first-order valence-electron chi connectivity index (χ1n) is 7.83. The van der Waals surface area contributed by atoms with Crippen LogP contribution in [0.4, 0.5) is 5.69 Å². The van der Waals surface area contributed by atoms with Crippen molar-refractivity contribution >= 4 is 29.3 Å². The van der Waals surface area contributed by atoms with Gasteiger partial charge in [0.25, 0.3) is 5.56 Å². The highest BCUT2D eigenvalue weighted by molar-refractivity contribution is 8.00. The number of nitrogens with one attached hydrogen (secondary N) is 2. The highest BCUT2D eigenvalue weighted by atomic mass is 32.2. The smallest absolute Gasteiger partial charge is 0.338 e. The van der Waals surface area contributed by atoms with Gasteiger partial charge in [-0.3, -0.25) is 9.59 Å². The molecule has 0 bridgehead atoms. The van der Waals surface area contributed by atoms with E-state index in [0.717, 1.165) is 11.8 Å². The monoisotopic (exact) mass is 377 g/mol. The summed E-state index contributed by atoms with van der Waals surface area (Å²) in [5, 5.41) is 2.51. The van der Waals surface area contributed by atoms with Crippen LogP contribution in [0.2, 0.25) is 0 Å². The molecular weight excluding hydrogens is 358 g/mol. The van der Waals surface area contributed by atoms with Gasteiger partial charge in [-0.2, -0.15) is 4.98 Å². The number of nitrogens with zero attached hydrogens (tertiary/aromatic N) is 1. The first kappa shape index (κ1) is 19.5. The second kappa shape index (κ2) is 9.04. The predicted molar refractivity (Wildman–Crippen MR) is 97.8 cm³/mol. The fourth-order valence-electron chi connectivity index (χ4n) is 1.94. The van der Waals surface area contributed by atoms with Crippen LogP contribution in [0.3, 0.4) is 0 Å². The van der Waals surface area contributed by atoms with Crippen LogP contribution in [0.15, 0.2) is 40.3 Å². The number of esters is 1. The standard InChI is InChI=1S/C17H19N3O5S/c1-4-25-16(23)11-5-7-12(8-6-11)18-15(22)10(2)26-17-19-13(21)9-14(20-17)24-3/h5-10H,4H2,1-3H3,(H,18,22)(H,19,20,21)/t10-/m1/s1. The van der Waals surface area contributed by atoms with Gasteiger partial charge in [-0.05, 0) is 38.1 Å². The topological polar surface area (TPSA) is 110 Å². The maximum absolute atomic E-state index is 12.3. The number of aromatic amines is 1. The van der Waals surface area contributed by atoms with Crippen LogP contribution in [0.5, 0.6) is 5.88 Å². The van der Waals surface area contributed by atoms with Gasteiger partial charge >= 0.3 is 5.97 Å². The van der Waals surface area contributed by atoms with Crippen LogP contribution in [0.1, 0.15) is 24.2 Å². The first-order chi connectivity index (χ1) is 12.4. The average Bonchev–Trinajstić information content (AvgIpc) is 2.61. The summed E-state index contributed by atoms with van der Waals surface area (Å²) in [4.78, 5) is 42.1. The Morgan fingerprint density at radius 3 is 2.62 bits per heavy atom. The molecule has 2 aromatic rings. The Morgan fingerprint density at radius 2 is 2.00 bits per heavy atom. The molecule has 0 saturated heterocycles. The minimum Gasteiger partial charge on any atom is -0.481 e. The van der Waals surface area contributed by atoms with Crippen LogP contribution < -0.4 is 15.6 Å². The molecule has 1 amide bonds. The molecule has 0 radical (unpaired) electrons. The molecule has 1 aromatic carbocycles. The molecule has 9 heteroatoms. The van der Waals surface area contributed by atoms with Gasteiger partial charge in [0.2, 0.25) is 11.8 Å². The van der Waals surface area contributed by atoms with E-state index < -0.39 is 11.2 Å². The highest BCUT2D eigenvalue weighted by Gasteiger charge is 2.17. The third kappa shape index (κ3) is 5.35. The number of H-pyrrole nitrogens is 1. The van der Waals surface area contributed by atoms with E-state index in [4.69, 9.17) is 9.47 Å². The van der Waals surface area contributed by atoms with Gasteiger partial charge in [-0.25, -0.2) is 4.79 Å². The van der Waals surface area contributed by atoms with Gasteiger partial charge in [-0.15, -0.1) is 0 Å². The molecule has 0 fully saturated rings. The highest BCUT2D eigenvalue weighted by Crippen LogP contribution is 2.21. The zero-order valence-corrected chi connectivity index (χ0v) is 15.4. The molecule has 0 aliphatic heterocycles. The summed E-state index contributed by atoms with van der Waals surface area (Å²) in [6.45, 7) is 3.72. The van der Waals surface area contributed by atoms with Gasteiger partial charge in [-0.1, -0.05) is 11.8 Å². The third-order valence-electron chi connectivity index (χ3n) is 3.23. The Bertz CT molecular complexity index is 835. The molecule has 0 saturated carbocycles. The van der Waals surface area contributed by atoms with E-state index in [0.29, 0.717) is 17.9 Å². The Morgan fingerprint density at radius 1 is 1.31 bits per heavy atom. The van der Waals surface area contributed by atoms with Crippen LogP contribution >= 0.6 is 11.8 Å². The molecule has 8 nitrogen and oxygen atoms in total. The van der Waals surface area contributed by atoms with E-state index in [9.17, 15) is 14.4 Å². The molecule has 0 aliphatic carbocycles. The molecule has 1 heterocycles. The van der Waals surface area contributed by atoms with Crippen molar-refractivity contribution < 1.29 is 19.1 Å². The lowest BCUT2D eigenvalue weighted by Crippen LogP contribution is -2.23. The van der Waals surface area contributed by atoms with E-state index in [1.807, 2.05) is 0 Å². The van der Waals surface area contributed by atoms with E-state index in [-0.39, 0.29) is 22.5 Å². The Labute approximate surface area is 154 Å². The molecule has 2 N–H and O–H groups in total. The number of hydrogen-bond acceptors (Lipinski definition) is 7. The molecule has 0 aliphatic rings. The van der Waals surface area contributed by atoms with Crippen LogP contribution in [-0.2, 0) is 9.53 Å². The van der Waals surface area contributed by atoms with Crippen LogP contribution in [0.25, 0.3) is 0 Å². The molecule has 0 unspecified atom stereocenters. The maximum atomic E-state index is 12.3. The lowest BCUT2D eigenvalue weighted by Gasteiger charge is -2.12. The Hall–Kier alpha value is -2.81. The molecule has 1 atom stereocenters. The first-order valence-corrected chi connectivity index (χ1v) is 8.71. The number of anilines is 1. The zero-order valence-electron chi connectivity index (χ0n) is 14.6. The number of benzene rings is 1. The zero-order chi connectivity index (χ0) is 19.1. The number of amides is 1.